The number of hydrogen-bond acceptors (Lipinski definition) is 6. The van der Waals surface area contributed by atoms with Gasteiger partial charge in [-0.25, -0.2) is 18.1 Å². The smallest absolute Gasteiger partial charge is 0.267 e. The van der Waals surface area contributed by atoms with Crippen LogP contribution in [0.5, 0.6) is 0 Å². The molecule has 0 saturated heterocycles. The zero-order valence-electron chi connectivity index (χ0n) is 10.4. The predicted molar refractivity (Wildman–Crippen MR) is 66.9 cm³/mol. The monoisotopic (exact) mass is 269 g/mol. The van der Waals surface area contributed by atoms with E-state index in [9.17, 15) is 8.42 Å². The van der Waals surface area contributed by atoms with E-state index in [1.807, 2.05) is 20.8 Å². The van der Waals surface area contributed by atoms with E-state index in [4.69, 9.17) is 0 Å². The van der Waals surface area contributed by atoms with Gasteiger partial charge in [-0.1, -0.05) is 13.8 Å². The van der Waals surface area contributed by atoms with Crippen LogP contribution in [-0.2, 0) is 10.0 Å². The normalized spacial score (nSPS) is 18.6. The fraction of sp³-hybridized carbons (Fsp3) is 0.500. The molecule has 2 rings (SSSR count). The number of sulfonamides is 1. The summed E-state index contributed by atoms with van der Waals surface area (Å²) in [5.74, 6) is 0.575. The lowest BCUT2D eigenvalue weighted by Gasteiger charge is -2.23. The van der Waals surface area contributed by atoms with Crippen molar-refractivity contribution < 1.29 is 8.42 Å². The van der Waals surface area contributed by atoms with Gasteiger partial charge in [0.1, 0.15) is 10.6 Å². The molecule has 2 N–H and O–H groups in total. The Morgan fingerprint density at radius 3 is 2.56 bits per heavy atom. The van der Waals surface area contributed by atoms with Crippen molar-refractivity contribution in [1.82, 2.24) is 20.2 Å². The lowest BCUT2D eigenvalue weighted by molar-refractivity contribution is 0.483. The molecule has 0 aliphatic carbocycles. The van der Waals surface area contributed by atoms with Gasteiger partial charge in [0, 0.05) is 6.04 Å². The summed E-state index contributed by atoms with van der Waals surface area (Å²) in [6.07, 6.45) is 2.51. The number of aromatic nitrogens is 2. The summed E-state index contributed by atoms with van der Waals surface area (Å²) in [5.41, 5.74) is 0.294. The third kappa shape index (κ3) is 2.42. The molecule has 8 heteroatoms. The lowest BCUT2D eigenvalue weighted by Crippen LogP contribution is -2.47. The van der Waals surface area contributed by atoms with E-state index in [0.717, 1.165) is 0 Å². The van der Waals surface area contributed by atoms with Crippen LogP contribution >= 0.6 is 0 Å². The van der Waals surface area contributed by atoms with Gasteiger partial charge in [0.05, 0.1) is 12.4 Å². The molecule has 2 heterocycles. The Bertz CT molecular complexity index is 582. The zero-order chi connectivity index (χ0) is 13.3. The summed E-state index contributed by atoms with van der Waals surface area (Å²) in [6.45, 7) is 6.03. The number of fused-ring (bicyclic) bond motifs is 1. The van der Waals surface area contributed by atoms with Crippen LogP contribution in [0.1, 0.15) is 20.8 Å². The number of rotatable bonds is 2. The molecule has 1 unspecified atom stereocenters. The van der Waals surface area contributed by atoms with E-state index in [1.54, 1.807) is 0 Å². The number of guanidine groups is 1. The van der Waals surface area contributed by atoms with Crippen molar-refractivity contribution in [3.8, 4) is 0 Å². The van der Waals surface area contributed by atoms with E-state index in [2.05, 4.69) is 25.2 Å². The van der Waals surface area contributed by atoms with E-state index >= 15 is 0 Å². The minimum atomic E-state index is -3.61. The van der Waals surface area contributed by atoms with Crippen molar-refractivity contribution in [3.63, 3.8) is 0 Å². The Hall–Kier alpha value is -1.70. The van der Waals surface area contributed by atoms with Gasteiger partial charge >= 0.3 is 0 Å². The second kappa shape index (κ2) is 4.52. The van der Waals surface area contributed by atoms with Gasteiger partial charge in [-0.3, -0.25) is 0 Å². The minimum Gasteiger partial charge on any atom is -0.353 e. The highest BCUT2D eigenvalue weighted by Gasteiger charge is 2.26. The summed E-state index contributed by atoms with van der Waals surface area (Å²) >= 11 is 0. The zero-order valence-corrected chi connectivity index (χ0v) is 11.2. The van der Waals surface area contributed by atoms with Crippen LogP contribution in [0.25, 0.3) is 0 Å². The topological polar surface area (TPSA) is 96.3 Å². The van der Waals surface area contributed by atoms with Gasteiger partial charge in [0.2, 0.25) is 5.96 Å². The highest BCUT2D eigenvalue weighted by atomic mass is 32.2. The Labute approximate surface area is 106 Å². The van der Waals surface area contributed by atoms with E-state index in [-0.39, 0.29) is 16.9 Å². The van der Waals surface area contributed by atoms with Crippen LogP contribution < -0.4 is 10.0 Å². The molecule has 0 saturated carbocycles. The molecule has 0 amide bonds. The fourth-order valence-corrected chi connectivity index (χ4v) is 2.39. The summed E-state index contributed by atoms with van der Waals surface area (Å²) in [6, 6.07) is 0.0998. The quantitative estimate of drug-likeness (QED) is 0.809. The molecule has 1 atom stereocenters. The summed E-state index contributed by atoms with van der Waals surface area (Å²) < 4.78 is 26.2. The number of hydrogen-bond donors (Lipinski definition) is 2. The van der Waals surface area contributed by atoms with Crippen molar-refractivity contribution in [2.24, 2.45) is 10.9 Å². The molecule has 1 aromatic heterocycles. The molecular formula is C10H15N5O2S. The van der Waals surface area contributed by atoms with Gasteiger partial charge in [-0.05, 0) is 12.8 Å². The predicted octanol–water partition coefficient (Wildman–Crippen LogP) is 0.390. The van der Waals surface area contributed by atoms with Crippen molar-refractivity contribution in [2.75, 3.05) is 0 Å². The summed E-state index contributed by atoms with van der Waals surface area (Å²) in [5, 5.41) is 10.2. The Morgan fingerprint density at radius 1 is 1.22 bits per heavy atom. The number of nitrogens with one attached hydrogen (secondary N) is 2. The van der Waals surface area contributed by atoms with Gasteiger partial charge < -0.3 is 5.32 Å². The van der Waals surface area contributed by atoms with E-state index in [0.29, 0.717) is 11.6 Å². The van der Waals surface area contributed by atoms with E-state index in [1.165, 1.54) is 12.4 Å². The first-order valence-corrected chi connectivity index (χ1v) is 7.07. The standard InChI is InChI=1S/C10H15N5O2S/c1-6(2)7(3)13-10-14-8-4-11-12-5-9(8)18(16,17)15-10/h4-7H,1-3H3,(H2,13,14,15). The molecule has 1 aromatic rings. The van der Waals surface area contributed by atoms with Crippen molar-refractivity contribution >= 4 is 21.7 Å². The molecule has 1 aliphatic rings. The highest BCUT2D eigenvalue weighted by molar-refractivity contribution is 7.90. The molecule has 0 bridgehead atoms. The van der Waals surface area contributed by atoms with Crippen LogP contribution in [0, 0.1) is 5.92 Å². The van der Waals surface area contributed by atoms with Gasteiger partial charge in [-0.15, -0.1) is 0 Å². The van der Waals surface area contributed by atoms with Crippen LogP contribution in [0.2, 0.25) is 0 Å². The molecular weight excluding hydrogens is 254 g/mol. The second-order valence-corrected chi connectivity index (χ2v) is 6.13. The van der Waals surface area contributed by atoms with Crippen molar-refractivity contribution in [3.05, 3.63) is 12.4 Å². The average molecular weight is 269 g/mol. The van der Waals surface area contributed by atoms with Crippen molar-refractivity contribution in [1.29, 1.82) is 0 Å². The lowest BCUT2D eigenvalue weighted by atomic mass is 10.1. The van der Waals surface area contributed by atoms with Crippen LogP contribution in [0.3, 0.4) is 0 Å². The average Bonchev–Trinajstić information content (AvgIpc) is 2.28. The molecule has 0 aromatic carbocycles. The van der Waals surface area contributed by atoms with Gasteiger partial charge in [0.25, 0.3) is 10.0 Å². The second-order valence-electron chi connectivity index (χ2n) is 4.48. The van der Waals surface area contributed by atoms with Gasteiger partial charge in [-0.2, -0.15) is 10.2 Å². The molecule has 1 aliphatic heterocycles. The van der Waals surface area contributed by atoms with Crippen LogP contribution in [0.15, 0.2) is 22.3 Å². The van der Waals surface area contributed by atoms with E-state index < -0.39 is 10.0 Å². The maximum atomic E-state index is 11.9. The van der Waals surface area contributed by atoms with Gasteiger partial charge in [0.15, 0.2) is 0 Å². The molecule has 0 radical (unpaired) electrons. The minimum absolute atomic E-state index is 0.0419. The molecule has 0 spiro atoms. The SMILES string of the molecule is CC(C)C(C)NC1=Nc2cnncc2S(=O)(=O)N1. The molecule has 18 heavy (non-hydrogen) atoms. The summed E-state index contributed by atoms with van der Waals surface area (Å²) in [7, 11) is -3.61. The Balaban J connectivity index is 2.35. The summed E-state index contributed by atoms with van der Waals surface area (Å²) in [4.78, 5) is 4.22. The fourth-order valence-electron chi connectivity index (χ4n) is 1.36. The largest absolute Gasteiger partial charge is 0.353 e. The first-order valence-electron chi connectivity index (χ1n) is 5.59. The highest BCUT2D eigenvalue weighted by Crippen LogP contribution is 2.24. The Morgan fingerprint density at radius 2 is 1.89 bits per heavy atom. The third-order valence-electron chi connectivity index (χ3n) is 2.79. The number of aliphatic imine (C=N–C) groups is 1. The van der Waals surface area contributed by atoms with Crippen LogP contribution in [0.4, 0.5) is 5.69 Å². The van der Waals surface area contributed by atoms with Crippen LogP contribution in [-0.4, -0.2) is 30.6 Å². The maximum Gasteiger partial charge on any atom is 0.267 e. The number of nitrogens with zero attached hydrogens (tertiary/aromatic N) is 3. The maximum absolute atomic E-state index is 11.9. The molecule has 98 valence electrons. The first-order chi connectivity index (χ1) is 8.40. The molecule has 7 nitrogen and oxygen atoms in total. The molecule has 0 fully saturated rings. The van der Waals surface area contributed by atoms with Crippen molar-refractivity contribution in [2.45, 2.75) is 31.7 Å². The first kappa shape index (κ1) is 12.7. The Kier molecular flexibility index (Phi) is 3.20. The third-order valence-corrected chi connectivity index (χ3v) is 4.15.